The van der Waals surface area contributed by atoms with Gasteiger partial charge in [0.1, 0.15) is 11.6 Å². The van der Waals surface area contributed by atoms with Crippen LogP contribution in [0.3, 0.4) is 0 Å². The largest absolute Gasteiger partial charge is 0.383 e. The van der Waals surface area contributed by atoms with E-state index in [-0.39, 0.29) is 24.1 Å². The number of aromatic nitrogens is 2. The number of ether oxygens (including phenoxy) is 1. The molecule has 6 heteroatoms. The Labute approximate surface area is 147 Å². The number of benzene rings is 1. The Kier molecular flexibility index (Phi) is 5.48. The average molecular weight is 345 g/mol. The van der Waals surface area contributed by atoms with Crippen molar-refractivity contribution in [3.05, 3.63) is 53.4 Å². The van der Waals surface area contributed by atoms with Crippen LogP contribution in [0.1, 0.15) is 29.4 Å². The zero-order valence-electron chi connectivity index (χ0n) is 14.7. The molecule has 1 aromatic heterocycles. The molecule has 2 aromatic rings. The third kappa shape index (κ3) is 4.07. The molecule has 1 saturated heterocycles. The molecule has 1 fully saturated rings. The lowest BCUT2D eigenvalue weighted by atomic mass is 10.1. The van der Waals surface area contributed by atoms with Crippen LogP contribution in [0.5, 0.6) is 0 Å². The molecule has 0 saturated carbocycles. The van der Waals surface area contributed by atoms with Gasteiger partial charge in [-0.15, -0.1) is 0 Å². The van der Waals surface area contributed by atoms with Crippen LogP contribution in [-0.2, 0) is 22.5 Å². The quantitative estimate of drug-likeness (QED) is 0.808. The van der Waals surface area contributed by atoms with Crippen molar-refractivity contribution in [2.24, 2.45) is 0 Å². The summed E-state index contributed by atoms with van der Waals surface area (Å²) in [5.41, 5.74) is 1.82. The van der Waals surface area contributed by atoms with Crippen LogP contribution in [0.2, 0.25) is 0 Å². The summed E-state index contributed by atoms with van der Waals surface area (Å²) in [6.07, 6.45) is 3.02. The van der Waals surface area contributed by atoms with E-state index in [1.807, 2.05) is 18.0 Å². The van der Waals surface area contributed by atoms with Crippen LogP contribution in [-0.4, -0.2) is 47.2 Å². The first kappa shape index (κ1) is 17.6. The number of aryl methyl sites for hydroxylation is 1. The maximum Gasteiger partial charge on any atom is 0.227 e. The summed E-state index contributed by atoms with van der Waals surface area (Å²) >= 11 is 0. The van der Waals surface area contributed by atoms with Gasteiger partial charge in [-0.25, -0.2) is 9.37 Å². The van der Waals surface area contributed by atoms with Crippen LogP contribution >= 0.6 is 0 Å². The number of hydrogen-bond donors (Lipinski definition) is 0. The average Bonchev–Trinajstić information content (AvgIpc) is 3.20. The number of imidazole rings is 1. The summed E-state index contributed by atoms with van der Waals surface area (Å²) in [5.74, 6) is 0.998. The Morgan fingerprint density at radius 3 is 3.04 bits per heavy atom. The van der Waals surface area contributed by atoms with E-state index >= 15 is 0 Å². The van der Waals surface area contributed by atoms with E-state index in [1.165, 1.54) is 12.1 Å². The highest BCUT2D eigenvalue weighted by molar-refractivity contribution is 5.79. The molecule has 0 bridgehead atoms. The van der Waals surface area contributed by atoms with Gasteiger partial charge in [0.2, 0.25) is 5.91 Å². The molecule has 1 aliphatic rings. The van der Waals surface area contributed by atoms with Crippen molar-refractivity contribution in [1.29, 1.82) is 0 Å². The molecule has 1 atom stereocenters. The second-order valence-electron chi connectivity index (χ2n) is 6.53. The second kappa shape index (κ2) is 7.78. The molecule has 0 aliphatic carbocycles. The topological polar surface area (TPSA) is 47.4 Å². The van der Waals surface area contributed by atoms with Gasteiger partial charge in [0.25, 0.3) is 0 Å². The molecule has 0 radical (unpaired) electrons. The number of amides is 1. The zero-order chi connectivity index (χ0) is 17.8. The first-order valence-corrected chi connectivity index (χ1v) is 8.61. The van der Waals surface area contributed by atoms with E-state index in [4.69, 9.17) is 4.74 Å². The van der Waals surface area contributed by atoms with Gasteiger partial charge in [0.15, 0.2) is 0 Å². The van der Waals surface area contributed by atoms with Crippen molar-refractivity contribution in [1.82, 2.24) is 14.5 Å². The maximum absolute atomic E-state index is 13.3. The van der Waals surface area contributed by atoms with Gasteiger partial charge in [-0.2, -0.15) is 0 Å². The minimum atomic E-state index is -0.305. The number of rotatable bonds is 6. The molecule has 0 N–H and O–H groups in total. The van der Waals surface area contributed by atoms with E-state index in [1.54, 1.807) is 19.2 Å². The lowest BCUT2D eigenvalue weighted by molar-refractivity contribution is -0.129. The molecule has 25 heavy (non-hydrogen) atoms. The number of methoxy groups -OCH3 is 1. The summed E-state index contributed by atoms with van der Waals surface area (Å²) in [6, 6.07) is 6.24. The van der Waals surface area contributed by atoms with Gasteiger partial charge in [-0.3, -0.25) is 4.79 Å². The third-order valence-electron chi connectivity index (χ3n) is 4.76. The summed E-state index contributed by atoms with van der Waals surface area (Å²) < 4.78 is 20.6. The molecule has 1 aromatic carbocycles. The van der Waals surface area contributed by atoms with Crippen molar-refractivity contribution < 1.29 is 13.9 Å². The standard InChI is InChI=1S/C19H24FN3O2/c1-14-12-21-19(23(14)8-9-25-2)16-6-7-22(13-16)18(24)11-15-4-3-5-17(20)10-15/h3-5,10,12,16H,6-9,11,13H2,1-2H3. The Hall–Kier alpha value is -2.21. The van der Waals surface area contributed by atoms with E-state index in [0.717, 1.165) is 31.0 Å². The molecular formula is C19H24FN3O2. The Balaban J connectivity index is 1.64. The van der Waals surface area contributed by atoms with Crippen LogP contribution in [0.25, 0.3) is 0 Å². The smallest absolute Gasteiger partial charge is 0.227 e. The van der Waals surface area contributed by atoms with Crippen LogP contribution in [0.4, 0.5) is 4.39 Å². The molecule has 2 heterocycles. The Bertz CT molecular complexity index is 744. The minimum Gasteiger partial charge on any atom is -0.383 e. The lowest BCUT2D eigenvalue weighted by Crippen LogP contribution is -2.30. The van der Waals surface area contributed by atoms with Crippen molar-refractivity contribution >= 4 is 5.91 Å². The van der Waals surface area contributed by atoms with E-state index < -0.39 is 0 Å². The first-order chi connectivity index (χ1) is 12.1. The van der Waals surface area contributed by atoms with Crippen LogP contribution in [0, 0.1) is 12.7 Å². The highest BCUT2D eigenvalue weighted by Gasteiger charge is 2.30. The predicted molar refractivity (Wildman–Crippen MR) is 92.9 cm³/mol. The molecule has 1 amide bonds. The van der Waals surface area contributed by atoms with Gasteiger partial charge < -0.3 is 14.2 Å². The highest BCUT2D eigenvalue weighted by Crippen LogP contribution is 2.27. The number of likely N-dealkylation sites (tertiary alicyclic amines) is 1. The SMILES string of the molecule is COCCn1c(C)cnc1C1CCN(C(=O)Cc2cccc(F)c2)C1. The molecule has 3 rings (SSSR count). The molecule has 134 valence electrons. The number of carbonyl (C=O) groups excluding carboxylic acids is 1. The van der Waals surface area contributed by atoms with Crippen molar-refractivity contribution in [2.45, 2.75) is 32.2 Å². The Morgan fingerprint density at radius 2 is 2.28 bits per heavy atom. The number of nitrogens with zero attached hydrogens (tertiary/aromatic N) is 3. The summed E-state index contributed by atoms with van der Waals surface area (Å²) in [6.45, 7) is 4.82. The highest BCUT2D eigenvalue weighted by atomic mass is 19.1. The summed E-state index contributed by atoms with van der Waals surface area (Å²) in [7, 11) is 1.69. The van der Waals surface area contributed by atoms with Gasteiger partial charge in [-0.05, 0) is 31.0 Å². The van der Waals surface area contributed by atoms with Crippen molar-refractivity contribution in [3.63, 3.8) is 0 Å². The Morgan fingerprint density at radius 1 is 1.44 bits per heavy atom. The fourth-order valence-electron chi connectivity index (χ4n) is 3.41. The lowest BCUT2D eigenvalue weighted by Gasteiger charge is -2.17. The molecule has 5 nitrogen and oxygen atoms in total. The fourth-order valence-corrected chi connectivity index (χ4v) is 3.41. The second-order valence-corrected chi connectivity index (χ2v) is 6.53. The molecule has 1 unspecified atom stereocenters. The van der Waals surface area contributed by atoms with E-state index in [0.29, 0.717) is 18.7 Å². The van der Waals surface area contributed by atoms with E-state index in [9.17, 15) is 9.18 Å². The monoisotopic (exact) mass is 345 g/mol. The predicted octanol–water partition coefficient (Wildman–Crippen LogP) is 2.54. The number of halogens is 1. The fraction of sp³-hybridized carbons (Fsp3) is 0.474. The third-order valence-corrected chi connectivity index (χ3v) is 4.76. The van der Waals surface area contributed by atoms with Gasteiger partial charge in [0, 0.05) is 44.6 Å². The number of carbonyl (C=O) groups is 1. The van der Waals surface area contributed by atoms with Crippen molar-refractivity contribution in [2.75, 3.05) is 26.8 Å². The normalized spacial score (nSPS) is 17.2. The van der Waals surface area contributed by atoms with Gasteiger partial charge >= 0.3 is 0 Å². The molecular weight excluding hydrogens is 321 g/mol. The molecule has 0 spiro atoms. The van der Waals surface area contributed by atoms with Crippen molar-refractivity contribution in [3.8, 4) is 0 Å². The van der Waals surface area contributed by atoms with Crippen LogP contribution in [0.15, 0.2) is 30.5 Å². The molecule has 1 aliphatic heterocycles. The van der Waals surface area contributed by atoms with Gasteiger partial charge in [0.05, 0.1) is 13.0 Å². The number of hydrogen-bond acceptors (Lipinski definition) is 3. The minimum absolute atomic E-state index is 0.0415. The summed E-state index contributed by atoms with van der Waals surface area (Å²) in [5, 5.41) is 0. The zero-order valence-corrected chi connectivity index (χ0v) is 14.7. The van der Waals surface area contributed by atoms with E-state index in [2.05, 4.69) is 9.55 Å². The first-order valence-electron chi connectivity index (χ1n) is 8.61. The van der Waals surface area contributed by atoms with Gasteiger partial charge in [-0.1, -0.05) is 12.1 Å². The summed E-state index contributed by atoms with van der Waals surface area (Å²) in [4.78, 5) is 18.9. The maximum atomic E-state index is 13.3. The van der Waals surface area contributed by atoms with Crippen LogP contribution < -0.4 is 0 Å².